The summed E-state index contributed by atoms with van der Waals surface area (Å²) in [6.45, 7) is 5.07. The van der Waals surface area contributed by atoms with E-state index in [1.165, 1.54) is 4.90 Å². The van der Waals surface area contributed by atoms with Crippen LogP contribution in [0.15, 0.2) is 29.2 Å². The fourth-order valence-electron chi connectivity index (χ4n) is 3.73. The first-order chi connectivity index (χ1) is 12.5. The molecule has 2 amide bonds. The van der Waals surface area contributed by atoms with Crippen molar-refractivity contribution >= 4 is 29.3 Å². The molecule has 5 nitrogen and oxygen atoms in total. The van der Waals surface area contributed by atoms with Crippen molar-refractivity contribution in [1.29, 1.82) is 0 Å². The zero-order valence-corrected chi connectivity index (χ0v) is 16.8. The fourth-order valence-corrected chi connectivity index (χ4v) is 4.84. The second kappa shape index (κ2) is 8.44. The van der Waals surface area contributed by atoms with Gasteiger partial charge in [-0.05, 0) is 44.5 Å². The average molecular weight is 376 g/mol. The summed E-state index contributed by atoms with van der Waals surface area (Å²) in [5, 5.41) is 0.516. The Hall–Kier alpha value is -1.53. The van der Waals surface area contributed by atoms with Crippen LogP contribution >= 0.6 is 11.8 Å². The monoisotopic (exact) mass is 375 g/mol. The van der Waals surface area contributed by atoms with E-state index in [0.717, 1.165) is 44.6 Å². The number of benzene rings is 1. The highest BCUT2D eigenvalue weighted by Crippen LogP contribution is 2.37. The Bertz CT molecular complexity index is 656. The van der Waals surface area contributed by atoms with E-state index < -0.39 is 0 Å². The molecule has 1 saturated heterocycles. The lowest BCUT2D eigenvalue weighted by atomic mass is 9.95. The van der Waals surface area contributed by atoms with Gasteiger partial charge < -0.3 is 9.80 Å². The molecule has 0 bridgehead atoms. The van der Waals surface area contributed by atoms with Gasteiger partial charge >= 0.3 is 0 Å². The topological polar surface area (TPSA) is 43.9 Å². The van der Waals surface area contributed by atoms with Crippen molar-refractivity contribution in [2.24, 2.45) is 5.92 Å². The Morgan fingerprint density at radius 2 is 1.81 bits per heavy atom. The molecule has 1 fully saturated rings. The Kier molecular flexibility index (Phi) is 6.24. The van der Waals surface area contributed by atoms with Crippen LogP contribution in [0.3, 0.4) is 0 Å². The molecule has 2 heterocycles. The quantitative estimate of drug-likeness (QED) is 0.815. The Labute approximate surface area is 160 Å². The van der Waals surface area contributed by atoms with Gasteiger partial charge in [-0.1, -0.05) is 19.1 Å². The summed E-state index contributed by atoms with van der Waals surface area (Å²) in [4.78, 5) is 32.2. The Balaban J connectivity index is 1.61. The maximum atomic E-state index is 13.0. The summed E-state index contributed by atoms with van der Waals surface area (Å²) >= 11 is 1.86. The number of nitrogens with zero attached hydrogens (tertiary/aromatic N) is 3. The molecule has 0 aromatic heterocycles. The summed E-state index contributed by atoms with van der Waals surface area (Å²) in [5.41, 5.74) is 1.05. The van der Waals surface area contributed by atoms with E-state index in [1.807, 2.05) is 42.9 Å². The normalized spacial score (nSPS) is 21.8. The number of rotatable bonds is 3. The molecule has 1 aromatic carbocycles. The molecular weight excluding hydrogens is 346 g/mol. The number of likely N-dealkylation sites (tertiary alicyclic amines) is 1. The predicted molar refractivity (Wildman–Crippen MR) is 107 cm³/mol. The molecule has 2 aliphatic heterocycles. The van der Waals surface area contributed by atoms with Crippen LogP contribution in [-0.4, -0.2) is 67.1 Å². The molecule has 1 atom stereocenters. The highest BCUT2D eigenvalue weighted by atomic mass is 32.2. The zero-order valence-electron chi connectivity index (χ0n) is 16.0. The van der Waals surface area contributed by atoms with Gasteiger partial charge in [-0.3, -0.25) is 14.5 Å². The van der Waals surface area contributed by atoms with Crippen LogP contribution in [0.5, 0.6) is 0 Å². The third-order valence-electron chi connectivity index (χ3n) is 5.28. The van der Waals surface area contributed by atoms with Crippen LogP contribution < -0.4 is 4.90 Å². The third-order valence-corrected chi connectivity index (χ3v) is 6.52. The first-order valence-corrected chi connectivity index (χ1v) is 10.3. The smallest absolute Gasteiger partial charge is 0.241 e. The van der Waals surface area contributed by atoms with Crippen LogP contribution in [-0.2, 0) is 9.59 Å². The van der Waals surface area contributed by atoms with Gasteiger partial charge in [-0.2, -0.15) is 0 Å². The summed E-state index contributed by atoms with van der Waals surface area (Å²) in [6, 6.07) is 8.22. The molecule has 2 aliphatic rings. The number of piperidine rings is 1. The minimum atomic E-state index is 0.104. The van der Waals surface area contributed by atoms with Crippen molar-refractivity contribution in [3.8, 4) is 0 Å². The van der Waals surface area contributed by atoms with Gasteiger partial charge in [0.1, 0.15) is 0 Å². The summed E-state index contributed by atoms with van der Waals surface area (Å²) < 4.78 is 0. The number of hydrogen-bond acceptors (Lipinski definition) is 4. The highest BCUT2D eigenvalue weighted by molar-refractivity contribution is 8.00. The predicted octanol–water partition coefficient (Wildman–Crippen LogP) is 2.70. The first kappa shape index (κ1) is 19.2. The molecule has 0 spiro atoms. The molecule has 6 heteroatoms. The number of amides is 2. The van der Waals surface area contributed by atoms with E-state index in [2.05, 4.69) is 24.0 Å². The number of anilines is 1. The van der Waals surface area contributed by atoms with E-state index in [4.69, 9.17) is 0 Å². The second-order valence-electron chi connectivity index (χ2n) is 7.51. The van der Waals surface area contributed by atoms with Crippen LogP contribution in [0.25, 0.3) is 0 Å². The van der Waals surface area contributed by atoms with Crippen LogP contribution in [0, 0.1) is 5.92 Å². The minimum absolute atomic E-state index is 0.104. The van der Waals surface area contributed by atoms with Crippen molar-refractivity contribution in [3.05, 3.63) is 24.3 Å². The molecule has 0 aliphatic carbocycles. The van der Waals surface area contributed by atoms with E-state index in [1.54, 1.807) is 4.90 Å². The van der Waals surface area contributed by atoms with E-state index in [-0.39, 0.29) is 17.7 Å². The summed E-state index contributed by atoms with van der Waals surface area (Å²) in [5.74, 6) is 0.487. The summed E-state index contributed by atoms with van der Waals surface area (Å²) in [6.07, 6.45) is 2.69. The number of carbonyl (C=O) groups excluding carboxylic acids is 2. The molecule has 1 unspecified atom stereocenters. The zero-order chi connectivity index (χ0) is 18.7. The van der Waals surface area contributed by atoms with Crippen LogP contribution in [0.4, 0.5) is 5.69 Å². The largest absolute Gasteiger partial charge is 0.349 e. The molecule has 0 saturated carbocycles. The molecule has 1 aromatic rings. The molecule has 26 heavy (non-hydrogen) atoms. The lowest BCUT2D eigenvalue weighted by Crippen LogP contribution is -2.45. The maximum absolute atomic E-state index is 13.0. The number of fused-ring (bicyclic) bond motifs is 1. The van der Waals surface area contributed by atoms with Crippen LogP contribution in [0.2, 0.25) is 0 Å². The number of para-hydroxylation sites is 1. The minimum Gasteiger partial charge on any atom is -0.349 e. The van der Waals surface area contributed by atoms with E-state index in [0.29, 0.717) is 11.8 Å². The lowest BCUT2D eigenvalue weighted by molar-refractivity contribution is -0.134. The lowest BCUT2D eigenvalue weighted by Gasteiger charge is -2.33. The summed E-state index contributed by atoms with van der Waals surface area (Å²) in [7, 11) is 3.63. The average Bonchev–Trinajstić information content (AvgIpc) is 2.79. The van der Waals surface area contributed by atoms with Crippen molar-refractivity contribution in [3.63, 3.8) is 0 Å². The maximum Gasteiger partial charge on any atom is 0.241 e. The third kappa shape index (κ3) is 4.41. The number of thioether (sulfide) groups is 1. The first-order valence-electron chi connectivity index (χ1n) is 9.45. The Morgan fingerprint density at radius 3 is 2.50 bits per heavy atom. The molecule has 0 radical (unpaired) electrons. The van der Waals surface area contributed by atoms with Gasteiger partial charge in [-0.15, -0.1) is 11.8 Å². The van der Waals surface area contributed by atoms with Crippen molar-refractivity contribution < 1.29 is 9.59 Å². The van der Waals surface area contributed by atoms with Gasteiger partial charge in [0.25, 0.3) is 0 Å². The van der Waals surface area contributed by atoms with Gasteiger partial charge in [0.2, 0.25) is 11.8 Å². The fraction of sp³-hybridized carbons (Fsp3) is 0.600. The van der Waals surface area contributed by atoms with Crippen molar-refractivity contribution in [2.45, 2.75) is 36.3 Å². The van der Waals surface area contributed by atoms with Gasteiger partial charge in [0.05, 0.1) is 12.2 Å². The molecule has 0 N–H and O–H groups in total. The molecule has 3 rings (SSSR count). The molecule has 142 valence electrons. The number of hydrogen-bond donors (Lipinski definition) is 0. The highest BCUT2D eigenvalue weighted by Gasteiger charge is 2.29. The Morgan fingerprint density at radius 1 is 1.12 bits per heavy atom. The standard InChI is InChI=1S/C20H29N3O2S/c1-15-8-13-23(17-6-4-5-7-18(17)26-15)19(24)14-22-11-9-16(10-12-22)20(25)21(2)3/h4-7,15-16H,8-14H2,1-3H3. The van der Waals surface area contributed by atoms with Crippen molar-refractivity contribution in [1.82, 2.24) is 9.80 Å². The van der Waals surface area contributed by atoms with Gasteiger partial charge in [-0.25, -0.2) is 0 Å². The van der Waals surface area contributed by atoms with E-state index in [9.17, 15) is 9.59 Å². The second-order valence-corrected chi connectivity index (χ2v) is 8.99. The van der Waals surface area contributed by atoms with Gasteiger partial charge in [0.15, 0.2) is 0 Å². The van der Waals surface area contributed by atoms with E-state index >= 15 is 0 Å². The number of carbonyl (C=O) groups is 2. The van der Waals surface area contributed by atoms with Crippen molar-refractivity contribution in [2.75, 3.05) is 45.2 Å². The SMILES string of the molecule is CC1CCN(C(=O)CN2CCC(C(=O)N(C)C)CC2)c2ccccc2S1. The van der Waals surface area contributed by atoms with Gasteiger partial charge in [0, 0.05) is 36.7 Å². The molecular formula is C20H29N3O2S. The van der Waals surface area contributed by atoms with Crippen LogP contribution in [0.1, 0.15) is 26.2 Å².